The fraction of sp³-hybridized carbons (Fsp3) is 0.231. The van der Waals surface area contributed by atoms with E-state index in [1.165, 1.54) is 0 Å². The van der Waals surface area contributed by atoms with Gasteiger partial charge in [-0.3, -0.25) is 0 Å². The second kappa shape index (κ2) is 5.17. The average molecular weight is 226 g/mol. The summed E-state index contributed by atoms with van der Waals surface area (Å²) in [6.45, 7) is 2.08. The molecule has 0 saturated heterocycles. The van der Waals surface area contributed by atoms with E-state index in [0.29, 0.717) is 5.56 Å². The van der Waals surface area contributed by atoms with Gasteiger partial charge in [-0.15, -0.1) is 0 Å². The number of nitrogens with one attached hydrogen (secondary N) is 2. The lowest BCUT2D eigenvalue weighted by Gasteiger charge is -2.16. The van der Waals surface area contributed by atoms with Crippen LogP contribution in [0.3, 0.4) is 0 Å². The summed E-state index contributed by atoms with van der Waals surface area (Å²) in [5.74, 6) is 0.889. The van der Waals surface area contributed by atoms with Gasteiger partial charge in [-0.05, 0) is 18.6 Å². The highest BCUT2D eigenvalue weighted by atomic mass is 15.0. The van der Waals surface area contributed by atoms with Gasteiger partial charge in [0, 0.05) is 12.4 Å². The number of rotatable bonds is 4. The fourth-order valence-corrected chi connectivity index (χ4v) is 1.73. The van der Waals surface area contributed by atoms with Crippen LogP contribution < -0.4 is 5.32 Å². The van der Waals surface area contributed by atoms with Crippen LogP contribution in [-0.4, -0.2) is 9.97 Å². The fourth-order valence-electron chi connectivity index (χ4n) is 1.73. The topological polar surface area (TPSA) is 64.5 Å². The molecule has 2 aromatic rings. The molecule has 86 valence electrons. The Bertz CT molecular complexity index is 510. The van der Waals surface area contributed by atoms with Crippen LogP contribution in [0.15, 0.2) is 36.7 Å². The van der Waals surface area contributed by atoms with E-state index in [4.69, 9.17) is 5.26 Å². The Hall–Kier alpha value is -2.28. The molecule has 0 amide bonds. The standard InChI is InChI=1S/C13H14N4/c1-2-11(13-15-7-8-16-13)17-12-6-4-3-5-10(12)9-14/h3-8,11,17H,2H2,1H3,(H,15,16). The van der Waals surface area contributed by atoms with Gasteiger partial charge in [0.2, 0.25) is 0 Å². The summed E-state index contributed by atoms with van der Waals surface area (Å²) >= 11 is 0. The number of imidazole rings is 1. The van der Waals surface area contributed by atoms with Crippen LogP contribution in [0.2, 0.25) is 0 Å². The quantitative estimate of drug-likeness (QED) is 0.842. The maximum atomic E-state index is 9.02. The van der Waals surface area contributed by atoms with E-state index in [1.54, 1.807) is 18.5 Å². The molecule has 0 saturated carbocycles. The van der Waals surface area contributed by atoms with Crippen molar-refractivity contribution in [2.24, 2.45) is 0 Å². The number of hydrogen-bond donors (Lipinski definition) is 2. The minimum Gasteiger partial charge on any atom is -0.374 e. The van der Waals surface area contributed by atoms with Gasteiger partial charge in [0.15, 0.2) is 0 Å². The first-order valence-corrected chi connectivity index (χ1v) is 5.60. The van der Waals surface area contributed by atoms with E-state index in [1.807, 2.05) is 18.2 Å². The molecule has 4 nitrogen and oxygen atoms in total. The van der Waals surface area contributed by atoms with Gasteiger partial charge in [-0.2, -0.15) is 5.26 Å². The second-order valence-corrected chi connectivity index (χ2v) is 3.74. The highest BCUT2D eigenvalue weighted by Crippen LogP contribution is 2.22. The van der Waals surface area contributed by atoms with E-state index in [2.05, 4.69) is 28.3 Å². The smallest absolute Gasteiger partial charge is 0.128 e. The third-order valence-corrected chi connectivity index (χ3v) is 2.63. The molecule has 0 aliphatic carbocycles. The van der Waals surface area contributed by atoms with Crippen molar-refractivity contribution in [3.05, 3.63) is 48.0 Å². The first kappa shape index (κ1) is 11.2. The Kier molecular flexibility index (Phi) is 3.41. The third-order valence-electron chi connectivity index (χ3n) is 2.63. The van der Waals surface area contributed by atoms with Gasteiger partial charge >= 0.3 is 0 Å². The summed E-state index contributed by atoms with van der Waals surface area (Å²) in [6.07, 6.45) is 4.43. The number of para-hydroxylation sites is 1. The van der Waals surface area contributed by atoms with Crippen molar-refractivity contribution in [1.29, 1.82) is 5.26 Å². The molecule has 1 atom stereocenters. The van der Waals surface area contributed by atoms with Gasteiger partial charge in [0.05, 0.1) is 17.3 Å². The van der Waals surface area contributed by atoms with Crippen molar-refractivity contribution in [3.8, 4) is 6.07 Å². The second-order valence-electron chi connectivity index (χ2n) is 3.74. The van der Waals surface area contributed by atoms with E-state index < -0.39 is 0 Å². The minimum absolute atomic E-state index is 0.0968. The molecule has 0 fully saturated rings. The third kappa shape index (κ3) is 2.45. The lowest BCUT2D eigenvalue weighted by atomic mass is 10.1. The zero-order valence-electron chi connectivity index (χ0n) is 9.64. The predicted molar refractivity (Wildman–Crippen MR) is 66.4 cm³/mol. The predicted octanol–water partition coefficient (Wildman–Crippen LogP) is 2.84. The monoisotopic (exact) mass is 226 g/mol. The number of H-pyrrole nitrogens is 1. The zero-order chi connectivity index (χ0) is 12.1. The molecule has 2 N–H and O–H groups in total. The molecular weight excluding hydrogens is 212 g/mol. The zero-order valence-corrected chi connectivity index (χ0v) is 9.64. The summed E-state index contributed by atoms with van der Waals surface area (Å²) < 4.78 is 0. The highest BCUT2D eigenvalue weighted by molar-refractivity contribution is 5.57. The first-order chi connectivity index (χ1) is 8.35. The molecule has 1 unspecified atom stereocenters. The molecule has 4 heteroatoms. The summed E-state index contributed by atoms with van der Waals surface area (Å²) in [7, 11) is 0. The van der Waals surface area contributed by atoms with Gasteiger partial charge in [0.1, 0.15) is 11.9 Å². The van der Waals surface area contributed by atoms with Crippen LogP contribution in [0.5, 0.6) is 0 Å². The molecule has 17 heavy (non-hydrogen) atoms. The molecule has 0 aliphatic heterocycles. The Labute approximate surface area is 100 Å². The van der Waals surface area contributed by atoms with Crippen LogP contribution in [-0.2, 0) is 0 Å². The molecular formula is C13H14N4. The molecule has 1 heterocycles. The van der Waals surface area contributed by atoms with E-state index >= 15 is 0 Å². The Morgan fingerprint density at radius 2 is 2.29 bits per heavy atom. The van der Waals surface area contributed by atoms with Crippen LogP contribution >= 0.6 is 0 Å². The normalized spacial score (nSPS) is 11.8. The summed E-state index contributed by atoms with van der Waals surface area (Å²) in [4.78, 5) is 7.33. The van der Waals surface area contributed by atoms with Gasteiger partial charge in [0.25, 0.3) is 0 Å². The first-order valence-electron chi connectivity index (χ1n) is 5.60. The Morgan fingerprint density at radius 1 is 1.47 bits per heavy atom. The Morgan fingerprint density at radius 3 is 2.94 bits per heavy atom. The SMILES string of the molecule is CCC(Nc1ccccc1C#N)c1ncc[nH]1. The maximum Gasteiger partial charge on any atom is 0.128 e. The van der Waals surface area contributed by atoms with Crippen molar-refractivity contribution in [2.75, 3.05) is 5.32 Å². The number of anilines is 1. The van der Waals surface area contributed by atoms with E-state index in [0.717, 1.165) is 17.9 Å². The van der Waals surface area contributed by atoms with Crippen molar-refractivity contribution in [3.63, 3.8) is 0 Å². The van der Waals surface area contributed by atoms with Crippen LogP contribution in [0.1, 0.15) is 30.8 Å². The average Bonchev–Trinajstić information content (AvgIpc) is 2.90. The summed E-state index contributed by atoms with van der Waals surface area (Å²) in [6, 6.07) is 9.76. The molecule has 2 rings (SSSR count). The van der Waals surface area contributed by atoms with Crippen LogP contribution in [0, 0.1) is 11.3 Å². The van der Waals surface area contributed by atoms with Crippen LogP contribution in [0.25, 0.3) is 0 Å². The minimum atomic E-state index is 0.0968. The largest absolute Gasteiger partial charge is 0.374 e. The molecule has 1 aromatic heterocycles. The van der Waals surface area contributed by atoms with E-state index in [-0.39, 0.29) is 6.04 Å². The van der Waals surface area contributed by atoms with Crippen LogP contribution in [0.4, 0.5) is 5.69 Å². The van der Waals surface area contributed by atoms with Gasteiger partial charge in [-0.1, -0.05) is 19.1 Å². The lowest BCUT2D eigenvalue weighted by Crippen LogP contribution is -2.12. The number of nitrogens with zero attached hydrogens (tertiary/aromatic N) is 2. The lowest BCUT2D eigenvalue weighted by molar-refractivity contribution is 0.704. The highest BCUT2D eigenvalue weighted by Gasteiger charge is 2.12. The molecule has 0 bridgehead atoms. The number of aromatic amines is 1. The molecule has 0 radical (unpaired) electrons. The van der Waals surface area contributed by atoms with Crippen molar-refractivity contribution < 1.29 is 0 Å². The number of aromatic nitrogens is 2. The van der Waals surface area contributed by atoms with Crippen molar-refractivity contribution in [1.82, 2.24) is 9.97 Å². The number of benzene rings is 1. The molecule has 0 spiro atoms. The Balaban J connectivity index is 2.22. The molecule has 1 aromatic carbocycles. The van der Waals surface area contributed by atoms with Crippen molar-refractivity contribution in [2.45, 2.75) is 19.4 Å². The summed E-state index contributed by atoms with van der Waals surface area (Å²) in [5.41, 5.74) is 1.50. The number of nitriles is 1. The van der Waals surface area contributed by atoms with Crippen molar-refractivity contribution >= 4 is 5.69 Å². The summed E-state index contributed by atoms with van der Waals surface area (Å²) in [5, 5.41) is 12.4. The van der Waals surface area contributed by atoms with Gasteiger partial charge in [-0.25, -0.2) is 4.98 Å². The van der Waals surface area contributed by atoms with E-state index in [9.17, 15) is 0 Å². The number of hydrogen-bond acceptors (Lipinski definition) is 3. The molecule has 0 aliphatic rings. The van der Waals surface area contributed by atoms with Gasteiger partial charge < -0.3 is 10.3 Å². The maximum absolute atomic E-state index is 9.02.